The first-order valence-electron chi connectivity index (χ1n) is 5.43. The Morgan fingerprint density at radius 3 is 2.83 bits per heavy atom. The average Bonchev–Trinajstić information content (AvgIpc) is 2.88. The van der Waals surface area contributed by atoms with Crippen LogP contribution in [0.15, 0.2) is 42.2 Å². The maximum atomic E-state index is 9.27. The third-order valence-corrected chi connectivity index (χ3v) is 2.87. The zero-order chi connectivity index (χ0) is 12.5. The standard InChI is InChI=1S/C12H10N6/c13-6-9-10(8-4-2-1-3-5-8)17-12-15-7-16-18(12)11(9)14/h1-5,7,10H,14H2,(H,15,16,17)/t10-/m0/s1. The summed E-state index contributed by atoms with van der Waals surface area (Å²) in [6.07, 6.45) is 1.40. The molecule has 0 fully saturated rings. The van der Waals surface area contributed by atoms with Gasteiger partial charge in [0.15, 0.2) is 0 Å². The fourth-order valence-electron chi connectivity index (χ4n) is 2.00. The molecule has 3 rings (SSSR count). The van der Waals surface area contributed by atoms with E-state index in [-0.39, 0.29) is 6.04 Å². The number of hydrogen-bond donors (Lipinski definition) is 2. The van der Waals surface area contributed by atoms with Gasteiger partial charge >= 0.3 is 0 Å². The van der Waals surface area contributed by atoms with Crippen LogP contribution >= 0.6 is 0 Å². The monoisotopic (exact) mass is 238 g/mol. The molecule has 0 saturated carbocycles. The van der Waals surface area contributed by atoms with E-state index in [0.717, 1.165) is 5.56 Å². The van der Waals surface area contributed by atoms with Crippen LogP contribution in [0.25, 0.3) is 5.82 Å². The highest BCUT2D eigenvalue weighted by Crippen LogP contribution is 2.31. The number of hydrogen-bond acceptors (Lipinski definition) is 5. The highest BCUT2D eigenvalue weighted by atomic mass is 15.4. The van der Waals surface area contributed by atoms with Crippen LogP contribution in [-0.4, -0.2) is 14.8 Å². The Hall–Kier alpha value is -2.81. The molecule has 88 valence electrons. The van der Waals surface area contributed by atoms with E-state index in [2.05, 4.69) is 21.5 Å². The average molecular weight is 238 g/mol. The van der Waals surface area contributed by atoms with Gasteiger partial charge in [0.25, 0.3) is 0 Å². The summed E-state index contributed by atoms with van der Waals surface area (Å²) in [7, 11) is 0. The Balaban J connectivity index is 2.14. The Labute approximate surface area is 103 Å². The Morgan fingerprint density at radius 1 is 1.33 bits per heavy atom. The molecule has 0 bridgehead atoms. The number of nitrogens with zero attached hydrogens (tertiary/aromatic N) is 4. The van der Waals surface area contributed by atoms with Crippen molar-refractivity contribution in [2.75, 3.05) is 5.32 Å². The van der Waals surface area contributed by atoms with Gasteiger partial charge in [-0.1, -0.05) is 30.3 Å². The minimum absolute atomic E-state index is 0.284. The van der Waals surface area contributed by atoms with Crippen LogP contribution in [0.4, 0.5) is 5.95 Å². The Morgan fingerprint density at radius 2 is 2.11 bits per heavy atom. The number of fused-ring (bicyclic) bond motifs is 1. The Kier molecular flexibility index (Phi) is 2.24. The SMILES string of the molecule is N#CC1=C(N)n2ncnc2N[C@H]1c1ccccc1. The summed E-state index contributed by atoms with van der Waals surface area (Å²) in [5, 5.41) is 16.4. The number of benzene rings is 1. The number of nitriles is 1. The molecule has 0 spiro atoms. The van der Waals surface area contributed by atoms with E-state index in [1.165, 1.54) is 11.0 Å². The highest BCUT2D eigenvalue weighted by Gasteiger charge is 2.28. The predicted molar refractivity (Wildman–Crippen MR) is 65.8 cm³/mol. The van der Waals surface area contributed by atoms with E-state index < -0.39 is 0 Å². The molecule has 1 aromatic carbocycles. The van der Waals surface area contributed by atoms with Crippen LogP contribution in [0.3, 0.4) is 0 Å². The molecule has 2 aromatic rings. The van der Waals surface area contributed by atoms with Gasteiger partial charge in [0, 0.05) is 0 Å². The van der Waals surface area contributed by atoms with E-state index in [9.17, 15) is 5.26 Å². The maximum Gasteiger partial charge on any atom is 0.228 e. The van der Waals surface area contributed by atoms with Crippen molar-refractivity contribution in [2.45, 2.75) is 6.04 Å². The lowest BCUT2D eigenvalue weighted by Crippen LogP contribution is -2.27. The molecule has 2 heterocycles. The van der Waals surface area contributed by atoms with Crippen LogP contribution in [0.1, 0.15) is 11.6 Å². The fourth-order valence-corrected chi connectivity index (χ4v) is 2.00. The van der Waals surface area contributed by atoms with Crippen molar-refractivity contribution in [3.05, 3.63) is 47.8 Å². The van der Waals surface area contributed by atoms with Gasteiger partial charge in [-0.25, -0.2) is 0 Å². The first-order chi connectivity index (χ1) is 8.81. The van der Waals surface area contributed by atoms with Crippen LogP contribution in [-0.2, 0) is 0 Å². The van der Waals surface area contributed by atoms with Gasteiger partial charge in [-0.3, -0.25) is 0 Å². The summed E-state index contributed by atoms with van der Waals surface area (Å²) in [5.74, 6) is 0.859. The first kappa shape index (κ1) is 10.4. The lowest BCUT2D eigenvalue weighted by molar-refractivity contribution is 0.794. The summed E-state index contributed by atoms with van der Waals surface area (Å²) in [6.45, 7) is 0. The summed E-state index contributed by atoms with van der Waals surface area (Å²) >= 11 is 0. The topological polar surface area (TPSA) is 92.5 Å². The second kappa shape index (κ2) is 3.89. The normalized spacial score (nSPS) is 17.8. The van der Waals surface area contributed by atoms with Crippen molar-refractivity contribution < 1.29 is 0 Å². The number of anilines is 1. The molecule has 1 atom stereocenters. The van der Waals surface area contributed by atoms with Gasteiger partial charge in [-0.05, 0) is 5.56 Å². The van der Waals surface area contributed by atoms with Crippen molar-refractivity contribution in [3.8, 4) is 6.07 Å². The maximum absolute atomic E-state index is 9.27. The molecule has 0 saturated heterocycles. The molecular formula is C12H10N6. The van der Waals surface area contributed by atoms with E-state index in [4.69, 9.17) is 5.73 Å². The summed E-state index contributed by atoms with van der Waals surface area (Å²) in [5.41, 5.74) is 7.36. The van der Waals surface area contributed by atoms with Crippen LogP contribution in [0.2, 0.25) is 0 Å². The minimum Gasteiger partial charge on any atom is -0.383 e. The molecule has 0 aliphatic carbocycles. The van der Waals surface area contributed by atoms with Crippen LogP contribution < -0.4 is 11.1 Å². The van der Waals surface area contributed by atoms with E-state index in [1.54, 1.807) is 0 Å². The smallest absolute Gasteiger partial charge is 0.228 e. The largest absolute Gasteiger partial charge is 0.383 e. The molecule has 1 aromatic heterocycles. The number of nitrogens with one attached hydrogen (secondary N) is 1. The second-order valence-electron chi connectivity index (χ2n) is 3.89. The molecule has 0 radical (unpaired) electrons. The quantitative estimate of drug-likeness (QED) is 0.776. The van der Waals surface area contributed by atoms with Crippen LogP contribution in [0, 0.1) is 11.3 Å². The lowest BCUT2D eigenvalue weighted by Gasteiger charge is -2.25. The van der Waals surface area contributed by atoms with Gasteiger partial charge in [-0.2, -0.15) is 20.0 Å². The van der Waals surface area contributed by atoms with Crippen molar-refractivity contribution in [1.29, 1.82) is 5.26 Å². The molecule has 6 heteroatoms. The van der Waals surface area contributed by atoms with E-state index in [0.29, 0.717) is 17.3 Å². The molecule has 3 N–H and O–H groups in total. The highest BCUT2D eigenvalue weighted by molar-refractivity contribution is 5.65. The van der Waals surface area contributed by atoms with Gasteiger partial charge < -0.3 is 11.1 Å². The number of aromatic nitrogens is 3. The molecule has 1 aliphatic heterocycles. The Bertz CT molecular complexity index is 649. The summed E-state index contributed by atoms with van der Waals surface area (Å²) < 4.78 is 1.43. The predicted octanol–water partition coefficient (Wildman–Crippen LogP) is 1.10. The van der Waals surface area contributed by atoms with Crippen molar-refractivity contribution >= 4 is 11.8 Å². The lowest BCUT2D eigenvalue weighted by atomic mass is 9.98. The molecular weight excluding hydrogens is 228 g/mol. The number of rotatable bonds is 1. The third kappa shape index (κ3) is 1.42. The molecule has 6 nitrogen and oxygen atoms in total. The van der Waals surface area contributed by atoms with Crippen molar-refractivity contribution in [1.82, 2.24) is 14.8 Å². The summed E-state index contributed by atoms with van der Waals surface area (Å²) in [6, 6.07) is 11.5. The van der Waals surface area contributed by atoms with Gasteiger partial charge in [0.2, 0.25) is 5.95 Å². The summed E-state index contributed by atoms with van der Waals surface area (Å²) in [4.78, 5) is 4.07. The zero-order valence-corrected chi connectivity index (χ0v) is 9.41. The fraction of sp³-hybridized carbons (Fsp3) is 0.0833. The van der Waals surface area contributed by atoms with Crippen molar-refractivity contribution in [2.24, 2.45) is 5.73 Å². The van der Waals surface area contributed by atoms with Gasteiger partial charge in [0.1, 0.15) is 18.2 Å². The molecule has 0 amide bonds. The minimum atomic E-state index is -0.284. The van der Waals surface area contributed by atoms with Crippen molar-refractivity contribution in [3.63, 3.8) is 0 Å². The first-order valence-corrected chi connectivity index (χ1v) is 5.43. The third-order valence-electron chi connectivity index (χ3n) is 2.87. The molecule has 0 unspecified atom stereocenters. The van der Waals surface area contributed by atoms with Crippen LogP contribution in [0.5, 0.6) is 0 Å². The van der Waals surface area contributed by atoms with Gasteiger partial charge in [0.05, 0.1) is 11.6 Å². The van der Waals surface area contributed by atoms with Gasteiger partial charge in [-0.15, -0.1) is 0 Å². The number of nitrogens with two attached hydrogens (primary N) is 1. The van der Waals surface area contributed by atoms with E-state index in [1.807, 2.05) is 30.3 Å². The van der Waals surface area contributed by atoms with E-state index >= 15 is 0 Å². The molecule has 18 heavy (non-hydrogen) atoms. The molecule has 1 aliphatic rings. The second-order valence-corrected chi connectivity index (χ2v) is 3.89. The zero-order valence-electron chi connectivity index (χ0n) is 9.41.